The molecule has 0 bridgehead atoms. The molecule has 4 aromatic rings. The summed E-state index contributed by atoms with van der Waals surface area (Å²) in [5.74, 6) is 0.244. The maximum absolute atomic E-state index is 12.4. The first-order valence-electron chi connectivity index (χ1n) is 7.06. The third kappa shape index (κ3) is 2.43. The molecule has 0 saturated carbocycles. The van der Waals surface area contributed by atoms with Gasteiger partial charge in [-0.2, -0.15) is 0 Å². The molecular weight excluding hydrogens is 312 g/mol. The molecule has 112 valence electrons. The van der Waals surface area contributed by atoms with Crippen LogP contribution in [0.2, 0.25) is 5.15 Å². The van der Waals surface area contributed by atoms with E-state index >= 15 is 0 Å². The lowest BCUT2D eigenvalue weighted by Crippen LogP contribution is -2.16. The van der Waals surface area contributed by atoms with Crippen LogP contribution in [-0.4, -0.2) is 15.6 Å². The third-order valence-corrected chi connectivity index (χ3v) is 3.91. The second-order valence-electron chi connectivity index (χ2n) is 5.08. The lowest BCUT2D eigenvalue weighted by Gasteiger charge is -2.08. The zero-order valence-corrected chi connectivity index (χ0v) is 12.7. The number of nitrogens with zero attached hydrogens (tertiary/aromatic N) is 2. The molecule has 0 radical (unpaired) electrons. The maximum atomic E-state index is 12.4. The molecule has 0 N–H and O–H groups in total. The van der Waals surface area contributed by atoms with Crippen LogP contribution in [0, 0.1) is 0 Å². The highest BCUT2D eigenvalue weighted by molar-refractivity contribution is 6.31. The van der Waals surface area contributed by atoms with Crippen LogP contribution in [-0.2, 0) is 0 Å². The number of pyridine rings is 1. The van der Waals surface area contributed by atoms with Crippen LogP contribution in [0.3, 0.4) is 0 Å². The van der Waals surface area contributed by atoms with Gasteiger partial charge in [-0.1, -0.05) is 48.0 Å². The molecule has 0 aliphatic rings. The van der Waals surface area contributed by atoms with E-state index in [1.165, 1.54) is 4.57 Å². The number of fused-ring (bicyclic) bond motifs is 2. The van der Waals surface area contributed by atoms with Gasteiger partial charge in [0, 0.05) is 17.0 Å². The van der Waals surface area contributed by atoms with Crippen LogP contribution in [0.4, 0.5) is 4.79 Å². The Balaban J connectivity index is 1.72. The maximum Gasteiger partial charge on any atom is 0.424 e. The Labute approximate surface area is 136 Å². The van der Waals surface area contributed by atoms with Gasteiger partial charge in [0.1, 0.15) is 0 Å². The summed E-state index contributed by atoms with van der Waals surface area (Å²) in [5, 5.41) is 1.98. The molecule has 2 aromatic carbocycles. The molecule has 2 heterocycles. The molecule has 4 rings (SSSR count). The van der Waals surface area contributed by atoms with Gasteiger partial charge in [-0.25, -0.2) is 9.78 Å². The van der Waals surface area contributed by atoms with Crippen molar-refractivity contribution in [1.82, 2.24) is 9.55 Å². The molecule has 2 aromatic heterocycles. The third-order valence-electron chi connectivity index (χ3n) is 3.64. The number of halogens is 1. The smallest absolute Gasteiger partial charge is 0.406 e. The average molecular weight is 323 g/mol. The molecule has 0 saturated heterocycles. The Morgan fingerprint density at radius 2 is 1.74 bits per heavy atom. The second-order valence-corrected chi connectivity index (χ2v) is 5.44. The van der Waals surface area contributed by atoms with Gasteiger partial charge in [-0.15, -0.1) is 0 Å². The molecule has 0 fully saturated rings. The Bertz CT molecular complexity index is 1040. The first kappa shape index (κ1) is 13.8. The molecule has 0 amide bonds. The van der Waals surface area contributed by atoms with Gasteiger partial charge in [0.25, 0.3) is 0 Å². The highest BCUT2D eigenvalue weighted by atomic mass is 35.5. The number of hydrogen-bond donors (Lipinski definition) is 0. The Kier molecular flexibility index (Phi) is 3.24. The number of carbonyl (C=O) groups is 1. The van der Waals surface area contributed by atoms with Crippen molar-refractivity contribution in [2.24, 2.45) is 0 Å². The molecule has 0 unspecified atom stereocenters. The van der Waals surface area contributed by atoms with Crippen molar-refractivity contribution in [3.8, 4) is 5.75 Å². The van der Waals surface area contributed by atoms with Crippen molar-refractivity contribution in [2.45, 2.75) is 0 Å². The van der Waals surface area contributed by atoms with E-state index in [-0.39, 0.29) is 10.9 Å². The van der Waals surface area contributed by atoms with Crippen LogP contribution < -0.4 is 4.74 Å². The van der Waals surface area contributed by atoms with E-state index in [1.54, 1.807) is 12.3 Å². The van der Waals surface area contributed by atoms with E-state index < -0.39 is 6.09 Å². The number of hydrogen-bond acceptors (Lipinski definition) is 3. The molecule has 5 heteroatoms. The molecule has 23 heavy (non-hydrogen) atoms. The van der Waals surface area contributed by atoms with Gasteiger partial charge >= 0.3 is 6.09 Å². The summed E-state index contributed by atoms with van der Waals surface area (Å²) in [6.07, 6.45) is 1.15. The fourth-order valence-electron chi connectivity index (χ4n) is 2.53. The van der Waals surface area contributed by atoms with Gasteiger partial charge < -0.3 is 4.74 Å². The molecule has 0 atom stereocenters. The highest BCUT2D eigenvalue weighted by Gasteiger charge is 2.14. The Morgan fingerprint density at radius 1 is 1.00 bits per heavy atom. The number of aromatic nitrogens is 2. The number of para-hydroxylation sites is 2. The molecule has 0 aliphatic carbocycles. The molecule has 0 aliphatic heterocycles. The van der Waals surface area contributed by atoms with Gasteiger partial charge in [0.2, 0.25) is 0 Å². The summed E-state index contributed by atoms with van der Waals surface area (Å²) in [7, 11) is 0. The van der Waals surface area contributed by atoms with Gasteiger partial charge in [-0.05, 0) is 24.3 Å². The summed E-state index contributed by atoms with van der Waals surface area (Å²) in [4.78, 5) is 16.7. The van der Waals surface area contributed by atoms with Crippen molar-refractivity contribution in [3.63, 3.8) is 0 Å². The summed E-state index contributed by atoms with van der Waals surface area (Å²) in [5.41, 5.74) is 1.53. The highest BCUT2D eigenvalue weighted by Crippen LogP contribution is 2.27. The van der Waals surface area contributed by atoms with Crippen molar-refractivity contribution < 1.29 is 9.53 Å². The van der Waals surface area contributed by atoms with Gasteiger partial charge in [0.05, 0.1) is 11.0 Å². The van der Waals surface area contributed by atoms with Crippen LogP contribution in [0.15, 0.2) is 66.9 Å². The van der Waals surface area contributed by atoms with E-state index in [1.807, 2.05) is 54.6 Å². The van der Waals surface area contributed by atoms with Crippen LogP contribution >= 0.6 is 11.6 Å². The first-order chi connectivity index (χ1) is 11.2. The number of rotatable bonds is 1. The van der Waals surface area contributed by atoms with Crippen molar-refractivity contribution in [2.75, 3.05) is 0 Å². The minimum Gasteiger partial charge on any atom is -0.406 e. The summed E-state index contributed by atoms with van der Waals surface area (Å²) < 4.78 is 6.88. The van der Waals surface area contributed by atoms with E-state index in [2.05, 4.69) is 4.98 Å². The number of carbonyl (C=O) groups excluding carboxylic acids is 1. The molecule has 4 nitrogen and oxygen atoms in total. The SMILES string of the molecule is O=C(Oc1cc2ccccc2nc1Cl)n1ccc2ccccc21. The lowest BCUT2D eigenvalue weighted by atomic mass is 10.2. The minimum atomic E-state index is -0.523. The van der Waals surface area contributed by atoms with E-state index in [0.717, 1.165) is 21.8 Å². The predicted octanol–water partition coefficient (Wildman–Crippen LogP) is 4.89. The van der Waals surface area contributed by atoms with Crippen molar-refractivity contribution in [1.29, 1.82) is 0 Å². The van der Waals surface area contributed by atoms with Crippen LogP contribution in [0.25, 0.3) is 21.8 Å². The van der Waals surface area contributed by atoms with Gasteiger partial charge in [-0.3, -0.25) is 4.57 Å². The van der Waals surface area contributed by atoms with Crippen LogP contribution in [0.1, 0.15) is 0 Å². The van der Waals surface area contributed by atoms with Crippen LogP contribution in [0.5, 0.6) is 5.75 Å². The van der Waals surface area contributed by atoms with E-state index in [4.69, 9.17) is 16.3 Å². The zero-order valence-electron chi connectivity index (χ0n) is 11.9. The quantitative estimate of drug-likeness (QED) is 0.469. The predicted molar refractivity (Wildman–Crippen MR) is 90.1 cm³/mol. The summed E-state index contributed by atoms with van der Waals surface area (Å²) >= 11 is 6.13. The number of benzene rings is 2. The largest absolute Gasteiger partial charge is 0.424 e. The monoisotopic (exact) mass is 322 g/mol. The number of ether oxygens (including phenoxy) is 1. The second kappa shape index (κ2) is 5.41. The normalized spacial score (nSPS) is 11.0. The fraction of sp³-hybridized carbons (Fsp3) is 0. The summed E-state index contributed by atoms with van der Waals surface area (Å²) in [6, 6.07) is 18.7. The summed E-state index contributed by atoms with van der Waals surface area (Å²) in [6.45, 7) is 0. The zero-order chi connectivity index (χ0) is 15.8. The van der Waals surface area contributed by atoms with Gasteiger partial charge in [0.15, 0.2) is 10.9 Å². The van der Waals surface area contributed by atoms with Crippen molar-refractivity contribution >= 4 is 39.5 Å². The molecule has 0 spiro atoms. The standard InChI is InChI=1S/C18H11ClN2O2/c19-17-16(11-13-6-1-3-7-14(13)20-17)23-18(22)21-10-9-12-5-2-4-8-15(12)21/h1-11H. The Morgan fingerprint density at radius 3 is 2.61 bits per heavy atom. The minimum absolute atomic E-state index is 0.161. The lowest BCUT2D eigenvalue weighted by molar-refractivity contribution is 0.203. The van der Waals surface area contributed by atoms with Crippen molar-refractivity contribution in [3.05, 3.63) is 72.0 Å². The van der Waals surface area contributed by atoms with E-state index in [0.29, 0.717) is 0 Å². The first-order valence-corrected chi connectivity index (χ1v) is 7.44. The average Bonchev–Trinajstić information content (AvgIpc) is 2.99. The topological polar surface area (TPSA) is 44.1 Å². The fourth-order valence-corrected chi connectivity index (χ4v) is 2.71. The Hall–Kier alpha value is -2.85. The van der Waals surface area contributed by atoms with E-state index in [9.17, 15) is 4.79 Å². The molecular formula is C18H11ClN2O2.